The molecule has 1 aromatic heterocycles. The van der Waals surface area contributed by atoms with Crippen molar-refractivity contribution in [3.63, 3.8) is 0 Å². The van der Waals surface area contributed by atoms with E-state index in [4.69, 9.17) is 10.5 Å². The Hall–Kier alpha value is -2.66. The van der Waals surface area contributed by atoms with Gasteiger partial charge in [0.15, 0.2) is 5.17 Å². The topological polar surface area (TPSA) is 102 Å². The van der Waals surface area contributed by atoms with Gasteiger partial charge < -0.3 is 15.8 Å². The van der Waals surface area contributed by atoms with E-state index in [9.17, 15) is 18.0 Å². The summed E-state index contributed by atoms with van der Waals surface area (Å²) in [5, 5.41) is 3.00. The quantitative estimate of drug-likeness (QED) is 0.722. The van der Waals surface area contributed by atoms with Crippen LogP contribution in [-0.4, -0.2) is 40.0 Å². The van der Waals surface area contributed by atoms with Crippen LogP contribution in [0.2, 0.25) is 0 Å². The molecular weight excluding hydrogens is 431 g/mol. The Morgan fingerprint density at radius 3 is 2.84 bits per heavy atom. The number of fused-ring (bicyclic) bond motifs is 1. The molecule has 1 amide bonds. The van der Waals surface area contributed by atoms with Gasteiger partial charge in [-0.05, 0) is 24.6 Å². The summed E-state index contributed by atoms with van der Waals surface area (Å²) in [4.78, 5) is 24.4. The lowest BCUT2D eigenvalue weighted by molar-refractivity contribution is 0.101. The first kappa shape index (κ1) is 21.6. The number of halogens is 3. The molecular formula is C20H20F3N5O2S. The van der Waals surface area contributed by atoms with Crippen LogP contribution in [-0.2, 0) is 10.3 Å². The third-order valence-corrected chi connectivity index (χ3v) is 6.61. The van der Waals surface area contributed by atoms with Crippen molar-refractivity contribution in [3.05, 3.63) is 53.4 Å². The summed E-state index contributed by atoms with van der Waals surface area (Å²) in [5.41, 5.74) is 5.11. The molecule has 7 nitrogen and oxygen atoms in total. The van der Waals surface area contributed by atoms with Crippen molar-refractivity contribution in [1.29, 1.82) is 0 Å². The van der Waals surface area contributed by atoms with E-state index in [1.165, 1.54) is 30.0 Å². The summed E-state index contributed by atoms with van der Waals surface area (Å²) >= 11 is 1.43. The summed E-state index contributed by atoms with van der Waals surface area (Å²) < 4.78 is 45.7. The number of alkyl halides is 2. The van der Waals surface area contributed by atoms with Gasteiger partial charge in [0.25, 0.3) is 12.3 Å². The SMILES string of the molecule is CO[C@H]1C[C@H]2CSC(N)=N[C@@]2(c2cc(NC(=O)c3cnc(C(F)F)cn3)ccc2F)C1. The normalized spacial score (nSPS) is 25.3. The number of nitrogens with zero attached hydrogens (tertiary/aromatic N) is 3. The van der Waals surface area contributed by atoms with Crippen molar-refractivity contribution in [2.24, 2.45) is 16.6 Å². The highest BCUT2D eigenvalue weighted by Crippen LogP contribution is 2.52. The molecule has 1 saturated carbocycles. The maximum Gasteiger partial charge on any atom is 0.281 e. The van der Waals surface area contributed by atoms with Crippen molar-refractivity contribution < 1.29 is 22.7 Å². The van der Waals surface area contributed by atoms with E-state index in [0.29, 0.717) is 28.6 Å². The van der Waals surface area contributed by atoms with Crippen LogP contribution in [0, 0.1) is 11.7 Å². The monoisotopic (exact) mass is 451 g/mol. The Bertz CT molecular complexity index is 1020. The molecule has 2 heterocycles. The Labute approximate surface area is 180 Å². The fourth-order valence-electron chi connectivity index (χ4n) is 4.13. The van der Waals surface area contributed by atoms with Crippen molar-refractivity contribution in [1.82, 2.24) is 9.97 Å². The average molecular weight is 451 g/mol. The molecule has 1 aromatic carbocycles. The van der Waals surface area contributed by atoms with E-state index < -0.39 is 29.4 Å². The average Bonchev–Trinajstić information content (AvgIpc) is 3.14. The highest BCUT2D eigenvalue weighted by atomic mass is 32.2. The minimum atomic E-state index is -2.78. The molecule has 1 aliphatic carbocycles. The van der Waals surface area contributed by atoms with E-state index in [-0.39, 0.29) is 17.7 Å². The molecule has 0 unspecified atom stereocenters. The van der Waals surface area contributed by atoms with E-state index >= 15 is 0 Å². The van der Waals surface area contributed by atoms with Crippen molar-refractivity contribution in [2.45, 2.75) is 30.9 Å². The second kappa shape index (κ2) is 8.46. The van der Waals surface area contributed by atoms with Crippen LogP contribution in [0.5, 0.6) is 0 Å². The molecule has 4 rings (SSSR count). The molecule has 0 spiro atoms. The number of aromatic nitrogens is 2. The molecule has 11 heteroatoms. The number of benzene rings is 1. The summed E-state index contributed by atoms with van der Waals surface area (Å²) in [7, 11) is 1.61. The number of aliphatic imine (C=N–C) groups is 1. The van der Waals surface area contributed by atoms with Gasteiger partial charge in [0.1, 0.15) is 17.2 Å². The molecule has 0 bridgehead atoms. The first-order valence-corrected chi connectivity index (χ1v) is 10.5. The lowest BCUT2D eigenvalue weighted by atomic mass is 9.81. The summed E-state index contributed by atoms with van der Waals surface area (Å²) in [6.07, 6.45) is 0.161. The number of thioether (sulfide) groups is 1. The molecule has 1 aliphatic heterocycles. The lowest BCUT2D eigenvalue weighted by Gasteiger charge is -2.36. The first-order chi connectivity index (χ1) is 14.8. The molecule has 3 N–H and O–H groups in total. The van der Waals surface area contributed by atoms with Crippen molar-refractivity contribution in [3.8, 4) is 0 Å². The van der Waals surface area contributed by atoms with Crippen molar-refractivity contribution in [2.75, 3.05) is 18.2 Å². The number of methoxy groups -OCH3 is 1. The zero-order valence-corrected chi connectivity index (χ0v) is 17.3. The van der Waals surface area contributed by atoms with Gasteiger partial charge in [0.2, 0.25) is 0 Å². The standard InChI is InChI=1S/C20H20F3N5O2S/c1-30-12-4-10-9-31-19(24)28-20(10,6-12)13-5-11(2-3-14(13)21)27-18(29)16-8-25-15(7-26-16)17(22)23/h2-3,5,7-8,10,12,17H,4,6,9H2,1H3,(H2,24,28)(H,27,29)/t10-,12-,20-/m0/s1. The van der Waals surface area contributed by atoms with E-state index in [1.807, 2.05) is 0 Å². The van der Waals surface area contributed by atoms with Crippen LogP contribution in [0.15, 0.2) is 35.6 Å². The first-order valence-electron chi connectivity index (χ1n) is 9.55. The van der Waals surface area contributed by atoms with Gasteiger partial charge in [0.05, 0.1) is 24.0 Å². The van der Waals surface area contributed by atoms with Gasteiger partial charge in [-0.2, -0.15) is 0 Å². The van der Waals surface area contributed by atoms with Gasteiger partial charge in [-0.3, -0.25) is 14.8 Å². The van der Waals surface area contributed by atoms with Gasteiger partial charge in [0, 0.05) is 36.5 Å². The highest BCUT2D eigenvalue weighted by Gasteiger charge is 2.52. The Balaban J connectivity index is 1.64. The fraction of sp³-hybridized carbons (Fsp3) is 0.400. The largest absolute Gasteiger partial charge is 0.381 e. The van der Waals surface area contributed by atoms with Gasteiger partial charge in [-0.1, -0.05) is 11.8 Å². The van der Waals surface area contributed by atoms with Crippen LogP contribution < -0.4 is 11.1 Å². The Morgan fingerprint density at radius 1 is 1.35 bits per heavy atom. The zero-order valence-electron chi connectivity index (χ0n) is 16.5. The van der Waals surface area contributed by atoms with Gasteiger partial charge in [-0.15, -0.1) is 0 Å². The summed E-state index contributed by atoms with van der Waals surface area (Å²) in [6.45, 7) is 0. The maximum atomic E-state index is 15.0. The number of anilines is 1. The zero-order chi connectivity index (χ0) is 22.2. The molecule has 2 aliphatic rings. The number of hydrogen-bond donors (Lipinski definition) is 2. The second-order valence-electron chi connectivity index (χ2n) is 7.46. The number of nitrogens with two attached hydrogens (primary N) is 1. The predicted octanol–water partition coefficient (Wildman–Crippen LogP) is 3.49. The predicted molar refractivity (Wildman–Crippen MR) is 111 cm³/mol. The number of nitrogens with one attached hydrogen (secondary N) is 1. The number of carbonyl (C=O) groups is 1. The van der Waals surface area contributed by atoms with Gasteiger partial charge >= 0.3 is 0 Å². The lowest BCUT2D eigenvalue weighted by Crippen LogP contribution is -2.37. The Morgan fingerprint density at radius 2 is 2.16 bits per heavy atom. The molecule has 0 radical (unpaired) electrons. The maximum absolute atomic E-state index is 15.0. The number of ether oxygens (including phenoxy) is 1. The van der Waals surface area contributed by atoms with Crippen LogP contribution in [0.4, 0.5) is 18.9 Å². The molecule has 3 atom stereocenters. The molecule has 1 fully saturated rings. The number of carbonyl (C=O) groups excluding carboxylic acids is 1. The van der Waals surface area contributed by atoms with E-state index in [0.717, 1.165) is 18.8 Å². The Kier molecular flexibility index (Phi) is 5.89. The minimum absolute atomic E-state index is 0.0305. The van der Waals surface area contributed by atoms with Crippen molar-refractivity contribution >= 4 is 28.5 Å². The molecule has 31 heavy (non-hydrogen) atoms. The van der Waals surface area contributed by atoms with Crippen LogP contribution in [0.1, 0.15) is 41.0 Å². The number of rotatable bonds is 5. The summed E-state index contributed by atoms with van der Waals surface area (Å²) in [5.74, 6) is -0.382. The van der Waals surface area contributed by atoms with Crippen LogP contribution in [0.3, 0.4) is 0 Å². The summed E-state index contributed by atoms with van der Waals surface area (Å²) in [6, 6.07) is 4.21. The van der Waals surface area contributed by atoms with Gasteiger partial charge in [-0.25, -0.2) is 18.2 Å². The molecule has 2 aromatic rings. The van der Waals surface area contributed by atoms with Crippen LogP contribution >= 0.6 is 11.8 Å². The third kappa shape index (κ3) is 4.11. The third-order valence-electron chi connectivity index (χ3n) is 5.66. The highest BCUT2D eigenvalue weighted by molar-refractivity contribution is 8.13. The molecule has 0 saturated heterocycles. The molecule has 164 valence electrons. The number of amidine groups is 1. The number of hydrogen-bond acceptors (Lipinski definition) is 7. The number of amides is 1. The smallest absolute Gasteiger partial charge is 0.281 e. The van der Waals surface area contributed by atoms with E-state index in [2.05, 4.69) is 20.3 Å². The fourth-order valence-corrected chi connectivity index (χ4v) is 5.15. The minimum Gasteiger partial charge on any atom is -0.381 e. The van der Waals surface area contributed by atoms with E-state index in [1.54, 1.807) is 7.11 Å². The second-order valence-corrected chi connectivity index (χ2v) is 8.50. The van der Waals surface area contributed by atoms with Crippen LogP contribution in [0.25, 0.3) is 0 Å².